The van der Waals surface area contributed by atoms with Gasteiger partial charge in [0.1, 0.15) is 11.5 Å². The Hall–Kier alpha value is -1.03. The number of hydrogen-bond donors (Lipinski definition) is 1. The Morgan fingerprint density at radius 3 is 2.85 bits per heavy atom. The van der Waals surface area contributed by atoms with Crippen molar-refractivity contribution in [3.63, 3.8) is 0 Å². The molecule has 0 saturated carbocycles. The normalized spacial score (nSPS) is 9.69. The summed E-state index contributed by atoms with van der Waals surface area (Å²) in [6.07, 6.45) is 0.593. The molecule has 0 unspecified atom stereocenters. The molecule has 1 aromatic carbocycles. The van der Waals surface area contributed by atoms with Crippen molar-refractivity contribution < 1.29 is 14.6 Å². The van der Waals surface area contributed by atoms with Crippen molar-refractivity contribution in [3.05, 3.63) is 22.2 Å². The number of carbonyl (C=O) groups is 1. The van der Waals surface area contributed by atoms with E-state index in [0.717, 1.165) is 0 Å². The summed E-state index contributed by atoms with van der Waals surface area (Å²) >= 11 is 3.23. The van der Waals surface area contributed by atoms with Gasteiger partial charge in [-0.05, 0) is 28.9 Å². The number of halogens is 1. The molecule has 1 N–H and O–H groups in total. The summed E-state index contributed by atoms with van der Waals surface area (Å²) in [7, 11) is 0. The molecule has 0 spiro atoms. The molecule has 0 aliphatic heterocycles. The van der Waals surface area contributed by atoms with Gasteiger partial charge in [0.15, 0.2) is 6.29 Å². The highest BCUT2D eigenvalue weighted by atomic mass is 79.9. The molecule has 0 fully saturated rings. The van der Waals surface area contributed by atoms with E-state index < -0.39 is 0 Å². The van der Waals surface area contributed by atoms with Crippen LogP contribution in [0.5, 0.6) is 11.5 Å². The smallest absolute Gasteiger partial charge is 0.153 e. The predicted molar refractivity (Wildman–Crippen MR) is 52.4 cm³/mol. The van der Waals surface area contributed by atoms with Gasteiger partial charge in [0.2, 0.25) is 0 Å². The Labute approximate surface area is 84.5 Å². The van der Waals surface area contributed by atoms with Crippen LogP contribution in [-0.2, 0) is 0 Å². The van der Waals surface area contributed by atoms with Gasteiger partial charge in [-0.1, -0.05) is 0 Å². The number of ether oxygens (including phenoxy) is 1. The van der Waals surface area contributed by atoms with Crippen molar-refractivity contribution in [2.45, 2.75) is 6.92 Å². The van der Waals surface area contributed by atoms with Gasteiger partial charge in [0, 0.05) is 6.07 Å². The van der Waals surface area contributed by atoms with Crippen LogP contribution in [0, 0.1) is 0 Å². The molecule has 0 saturated heterocycles. The Bertz CT molecular complexity index is 323. The lowest BCUT2D eigenvalue weighted by atomic mass is 10.2. The van der Waals surface area contributed by atoms with Crippen LogP contribution in [0.1, 0.15) is 17.3 Å². The number of phenols is 1. The van der Waals surface area contributed by atoms with Gasteiger partial charge in [0.25, 0.3) is 0 Å². The van der Waals surface area contributed by atoms with Crippen molar-refractivity contribution in [3.8, 4) is 11.5 Å². The number of hydrogen-bond acceptors (Lipinski definition) is 3. The van der Waals surface area contributed by atoms with Gasteiger partial charge in [-0.25, -0.2) is 0 Å². The van der Waals surface area contributed by atoms with E-state index in [1.54, 1.807) is 0 Å². The molecule has 0 bridgehead atoms. The third-order valence-corrected chi connectivity index (χ3v) is 2.13. The van der Waals surface area contributed by atoms with E-state index in [1.165, 1.54) is 12.1 Å². The summed E-state index contributed by atoms with van der Waals surface area (Å²) < 4.78 is 5.86. The predicted octanol–water partition coefficient (Wildman–Crippen LogP) is 2.37. The number of aromatic hydroxyl groups is 1. The first-order valence-electron chi connectivity index (χ1n) is 3.79. The highest BCUT2D eigenvalue weighted by Crippen LogP contribution is 2.31. The largest absolute Gasteiger partial charge is 0.507 e. The first-order chi connectivity index (χ1) is 6.19. The zero-order valence-electron chi connectivity index (χ0n) is 7.08. The molecule has 4 heteroatoms. The molecule has 0 radical (unpaired) electrons. The number of phenolic OH excluding ortho intramolecular Hbond substituents is 1. The molecule has 13 heavy (non-hydrogen) atoms. The lowest BCUT2D eigenvalue weighted by Gasteiger charge is -2.07. The van der Waals surface area contributed by atoms with Gasteiger partial charge in [-0.2, -0.15) is 0 Å². The molecule has 1 rings (SSSR count). The Balaban J connectivity index is 3.12. The second-order valence-corrected chi connectivity index (χ2v) is 3.25. The van der Waals surface area contributed by atoms with E-state index in [-0.39, 0.29) is 11.3 Å². The molecule has 0 aliphatic carbocycles. The highest BCUT2D eigenvalue weighted by molar-refractivity contribution is 9.10. The van der Waals surface area contributed by atoms with Crippen LogP contribution >= 0.6 is 15.9 Å². The second kappa shape index (κ2) is 4.28. The quantitative estimate of drug-likeness (QED) is 0.831. The molecule has 0 atom stereocenters. The molecule has 0 heterocycles. The van der Waals surface area contributed by atoms with Crippen molar-refractivity contribution in [2.24, 2.45) is 0 Å². The standard InChI is InChI=1S/C9H9BrO3/c1-2-13-9-4-8(12)6(5-11)3-7(9)10/h3-5,12H,2H2,1H3. The van der Waals surface area contributed by atoms with Gasteiger partial charge in [-0.3, -0.25) is 4.79 Å². The number of carbonyl (C=O) groups excluding carboxylic acids is 1. The fourth-order valence-corrected chi connectivity index (χ4v) is 1.39. The van der Waals surface area contributed by atoms with E-state index in [1.807, 2.05) is 6.92 Å². The van der Waals surface area contributed by atoms with Gasteiger partial charge in [-0.15, -0.1) is 0 Å². The van der Waals surface area contributed by atoms with Crippen LogP contribution < -0.4 is 4.74 Å². The third kappa shape index (κ3) is 2.21. The Morgan fingerprint density at radius 2 is 2.31 bits per heavy atom. The molecular formula is C9H9BrO3. The van der Waals surface area contributed by atoms with E-state index in [0.29, 0.717) is 23.1 Å². The minimum Gasteiger partial charge on any atom is -0.507 e. The number of aldehydes is 1. The Kier molecular flexibility index (Phi) is 3.31. The van der Waals surface area contributed by atoms with Crippen LogP contribution in [0.25, 0.3) is 0 Å². The van der Waals surface area contributed by atoms with Crippen molar-refractivity contribution in [1.82, 2.24) is 0 Å². The average molecular weight is 245 g/mol. The molecular weight excluding hydrogens is 236 g/mol. The molecule has 1 aromatic rings. The zero-order chi connectivity index (χ0) is 9.84. The monoisotopic (exact) mass is 244 g/mol. The topological polar surface area (TPSA) is 46.5 Å². The Morgan fingerprint density at radius 1 is 1.62 bits per heavy atom. The summed E-state index contributed by atoms with van der Waals surface area (Å²) in [6, 6.07) is 2.94. The second-order valence-electron chi connectivity index (χ2n) is 2.39. The lowest BCUT2D eigenvalue weighted by Crippen LogP contribution is -1.93. The van der Waals surface area contributed by atoms with Crippen molar-refractivity contribution in [2.75, 3.05) is 6.61 Å². The maximum Gasteiger partial charge on any atom is 0.153 e. The first kappa shape index (κ1) is 10.1. The van der Waals surface area contributed by atoms with E-state index in [2.05, 4.69) is 15.9 Å². The van der Waals surface area contributed by atoms with Crippen LogP contribution in [-0.4, -0.2) is 18.0 Å². The maximum absolute atomic E-state index is 10.4. The summed E-state index contributed by atoms with van der Waals surface area (Å²) in [6.45, 7) is 2.36. The minimum absolute atomic E-state index is 0.0679. The summed E-state index contributed by atoms with van der Waals surface area (Å²) in [5.74, 6) is 0.465. The van der Waals surface area contributed by atoms with Crippen LogP contribution in [0.2, 0.25) is 0 Å². The summed E-state index contributed by atoms with van der Waals surface area (Å²) in [5, 5.41) is 9.31. The SMILES string of the molecule is CCOc1cc(O)c(C=O)cc1Br. The van der Waals surface area contributed by atoms with Gasteiger partial charge >= 0.3 is 0 Å². The number of rotatable bonds is 3. The molecule has 0 amide bonds. The van der Waals surface area contributed by atoms with E-state index >= 15 is 0 Å². The molecule has 0 aliphatic rings. The summed E-state index contributed by atoms with van der Waals surface area (Å²) in [5.41, 5.74) is 0.246. The van der Waals surface area contributed by atoms with Crippen LogP contribution in [0.4, 0.5) is 0 Å². The average Bonchev–Trinajstić information content (AvgIpc) is 2.11. The van der Waals surface area contributed by atoms with Crippen LogP contribution in [0.3, 0.4) is 0 Å². The minimum atomic E-state index is -0.0679. The lowest BCUT2D eigenvalue weighted by molar-refractivity contribution is 0.112. The fraction of sp³-hybridized carbons (Fsp3) is 0.222. The van der Waals surface area contributed by atoms with Gasteiger partial charge in [0.05, 0.1) is 16.6 Å². The maximum atomic E-state index is 10.4. The molecule has 0 aromatic heterocycles. The summed E-state index contributed by atoms with van der Waals surface area (Å²) in [4.78, 5) is 10.4. The highest BCUT2D eigenvalue weighted by Gasteiger charge is 2.07. The molecule has 70 valence electrons. The first-order valence-corrected chi connectivity index (χ1v) is 4.58. The van der Waals surface area contributed by atoms with Crippen LogP contribution in [0.15, 0.2) is 16.6 Å². The van der Waals surface area contributed by atoms with E-state index in [9.17, 15) is 9.90 Å². The third-order valence-electron chi connectivity index (χ3n) is 1.51. The van der Waals surface area contributed by atoms with Crippen molar-refractivity contribution in [1.29, 1.82) is 0 Å². The van der Waals surface area contributed by atoms with Gasteiger partial charge < -0.3 is 9.84 Å². The van der Waals surface area contributed by atoms with E-state index in [4.69, 9.17) is 4.74 Å². The molecule has 3 nitrogen and oxygen atoms in total. The zero-order valence-corrected chi connectivity index (χ0v) is 8.67. The fourth-order valence-electron chi connectivity index (χ4n) is 0.919. The van der Waals surface area contributed by atoms with Crippen molar-refractivity contribution >= 4 is 22.2 Å². The number of benzene rings is 1.